The maximum Gasteiger partial charge on any atom is 0.319 e. The van der Waals surface area contributed by atoms with Crippen molar-refractivity contribution in [1.29, 1.82) is 0 Å². The van der Waals surface area contributed by atoms with Gasteiger partial charge in [-0.05, 0) is 25.3 Å². The van der Waals surface area contributed by atoms with Crippen LogP contribution in [0.3, 0.4) is 0 Å². The van der Waals surface area contributed by atoms with E-state index in [1.807, 2.05) is 11.9 Å². The van der Waals surface area contributed by atoms with Crippen molar-refractivity contribution in [3.05, 3.63) is 22.2 Å². The molecule has 1 aromatic carbocycles. The monoisotopic (exact) mass is 479 g/mol. The molecule has 4 rings (SSSR count). The van der Waals surface area contributed by atoms with Gasteiger partial charge >= 0.3 is 6.03 Å². The number of halogens is 1. The Labute approximate surface area is 200 Å². The van der Waals surface area contributed by atoms with Crippen LogP contribution in [0.5, 0.6) is 5.75 Å². The second-order valence-electron chi connectivity index (χ2n) is 9.07. The summed E-state index contributed by atoms with van der Waals surface area (Å²) in [5, 5.41) is 3.48. The fourth-order valence-electron chi connectivity index (χ4n) is 4.91. The zero-order valence-corrected chi connectivity index (χ0v) is 20.2. The number of nitrogens with zero attached hydrogens (tertiary/aromatic N) is 3. The highest BCUT2D eigenvalue weighted by molar-refractivity contribution is 6.33. The highest BCUT2D eigenvalue weighted by Gasteiger charge is 2.33. The molecule has 3 aliphatic rings. The number of carbonyl (C=O) groups excluding carboxylic acids is 2. The van der Waals surface area contributed by atoms with Gasteiger partial charge in [-0.15, -0.1) is 0 Å². The number of nitrogen functional groups attached to an aromatic ring is 1. The van der Waals surface area contributed by atoms with Gasteiger partial charge in [-0.2, -0.15) is 0 Å². The summed E-state index contributed by atoms with van der Waals surface area (Å²) in [4.78, 5) is 31.6. The highest BCUT2D eigenvalue weighted by atomic mass is 35.5. The van der Waals surface area contributed by atoms with Crippen LogP contribution in [0.15, 0.2) is 6.07 Å². The third-order valence-electron chi connectivity index (χ3n) is 6.93. The van der Waals surface area contributed by atoms with E-state index in [9.17, 15) is 9.59 Å². The normalized spacial score (nSPS) is 22.7. The average Bonchev–Trinajstić information content (AvgIpc) is 3.52. The second-order valence-corrected chi connectivity index (χ2v) is 9.47. The fraction of sp³-hybridized carbons (Fsp3) is 0.652. The lowest BCUT2D eigenvalue weighted by atomic mass is 10.00. The highest BCUT2D eigenvalue weighted by Crippen LogP contribution is 2.38. The van der Waals surface area contributed by atoms with E-state index in [4.69, 9.17) is 26.8 Å². The smallest absolute Gasteiger partial charge is 0.319 e. The number of nitrogens with two attached hydrogens (primary N) is 1. The Bertz CT molecular complexity index is 892. The average molecular weight is 480 g/mol. The molecule has 182 valence electrons. The first-order chi connectivity index (χ1) is 15.9. The van der Waals surface area contributed by atoms with Crippen LogP contribution in [0.25, 0.3) is 0 Å². The van der Waals surface area contributed by atoms with Gasteiger partial charge < -0.3 is 30.3 Å². The SMILES string of the molecule is CO[C@@H]1CN(CCN(C)C(=O)N2CCCC2)CC[C@@H]1NC(=O)c1cc(Cl)c(N)c2c1OCC2. The lowest BCUT2D eigenvalue weighted by Crippen LogP contribution is -2.56. The second kappa shape index (κ2) is 10.4. The van der Waals surface area contributed by atoms with E-state index >= 15 is 0 Å². The van der Waals surface area contributed by atoms with Crippen molar-refractivity contribution in [3.63, 3.8) is 0 Å². The van der Waals surface area contributed by atoms with Gasteiger partial charge in [0.05, 0.1) is 35.0 Å². The Morgan fingerprint density at radius 2 is 2.09 bits per heavy atom. The quantitative estimate of drug-likeness (QED) is 0.604. The van der Waals surface area contributed by atoms with Crippen LogP contribution in [-0.4, -0.2) is 98.8 Å². The lowest BCUT2D eigenvalue weighted by Gasteiger charge is -2.38. The van der Waals surface area contributed by atoms with Gasteiger partial charge in [-0.1, -0.05) is 11.6 Å². The Kier molecular flexibility index (Phi) is 7.51. The van der Waals surface area contributed by atoms with Gasteiger partial charge in [0, 0.05) is 65.4 Å². The number of nitrogens with one attached hydrogen (secondary N) is 1. The molecule has 9 nitrogen and oxygen atoms in total. The number of hydrogen-bond donors (Lipinski definition) is 2. The van der Waals surface area contributed by atoms with E-state index < -0.39 is 0 Å². The molecule has 0 radical (unpaired) electrons. The number of benzene rings is 1. The summed E-state index contributed by atoms with van der Waals surface area (Å²) in [7, 11) is 3.52. The zero-order chi connectivity index (χ0) is 23.5. The van der Waals surface area contributed by atoms with Gasteiger partial charge in [0.1, 0.15) is 5.75 Å². The predicted molar refractivity (Wildman–Crippen MR) is 127 cm³/mol. The molecule has 1 aromatic rings. The van der Waals surface area contributed by atoms with E-state index in [1.165, 1.54) is 0 Å². The number of urea groups is 1. The summed E-state index contributed by atoms with van der Waals surface area (Å²) in [5.41, 5.74) is 7.76. The minimum atomic E-state index is -0.230. The third kappa shape index (κ3) is 5.15. The molecule has 0 aromatic heterocycles. The molecule has 33 heavy (non-hydrogen) atoms. The Morgan fingerprint density at radius 3 is 2.82 bits per heavy atom. The maximum absolute atomic E-state index is 13.1. The van der Waals surface area contributed by atoms with Crippen LogP contribution in [-0.2, 0) is 11.2 Å². The van der Waals surface area contributed by atoms with Crippen LogP contribution in [0.1, 0.15) is 35.2 Å². The first-order valence-electron chi connectivity index (χ1n) is 11.7. The number of rotatable bonds is 6. The summed E-state index contributed by atoms with van der Waals surface area (Å²) in [5.74, 6) is 0.304. The van der Waals surface area contributed by atoms with E-state index in [0.717, 1.165) is 51.0 Å². The van der Waals surface area contributed by atoms with Gasteiger partial charge in [0.25, 0.3) is 5.91 Å². The molecule has 0 unspecified atom stereocenters. The number of hydrogen-bond acceptors (Lipinski definition) is 6. The molecule has 3 amide bonds. The van der Waals surface area contributed by atoms with Gasteiger partial charge in [-0.3, -0.25) is 9.69 Å². The summed E-state index contributed by atoms with van der Waals surface area (Å²) in [6.45, 7) is 5.13. The first kappa shape index (κ1) is 23.9. The van der Waals surface area contributed by atoms with E-state index in [-0.39, 0.29) is 24.1 Å². The molecule has 3 aliphatic heterocycles. The predicted octanol–water partition coefficient (Wildman–Crippen LogP) is 1.82. The van der Waals surface area contributed by atoms with Gasteiger partial charge in [0.15, 0.2) is 0 Å². The summed E-state index contributed by atoms with van der Waals surface area (Å²) >= 11 is 6.26. The standard InChI is InChI=1S/C23H34ClN5O4/c1-27(23(31)29-7-3-4-8-29)10-11-28-9-5-18(19(14-28)32-2)26-22(30)16-13-17(24)20(25)15-6-12-33-21(15)16/h13,18-19H,3-12,14,25H2,1-2H3,(H,26,30)/t18-,19+/m0/s1. The summed E-state index contributed by atoms with van der Waals surface area (Å²) in [6, 6.07) is 1.56. The molecule has 2 atom stereocenters. The van der Waals surface area contributed by atoms with Crippen LogP contribution in [0.2, 0.25) is 5.02 Å². The van der Waals surface area contributed by atoms with Crippen molar-refractivity contribution in [1.82, 2.24) is 20.0 Å². The molecule has 3 N–H and O–H groups in total. The number of likely N-dealkylation sites (tertiary alicyclic amines) is 2. The Balaban J connectivity index is 1.32. The molecular weight excluding hydrogens is 446 g/mol. The van der Waals surface area contributed by atoms with Crippen LogP contribution >= 0.6 is 11.6 Å². The molecule has 0 bridgehead atoms. The minimum absolute atomic E-state index is 0.106. The molecule has 0 spiro atoms. The number of ether oxygens (including phenoxy) is 2. The van der Waals surface area contributed by atoms with Crippen LogP contribution in [0, 0.1) is 0 Å². The number of carbonyl (C=O) groups is 2. The third-order valence-corrected chi connectivity index (χ3v) is 7.25. The largest absolute Gasteiger partial charge is 0.492 e. The van der Waals surface area contributed by atoms with Crippen LogP contribution < -0.4 is 15.8 Å². The van der Waals surface area contributed by atoms with Crippen molar-refractivity contribution >= 4 is 29.2 Å². The summed E-state index contributed by atoms with van der Waals surface area (Å²) in [6.07, 6.45) is 3.42. The Hall–Kier alpha value is -2.23. The number of likely N-dealkylation sites (N-methyl/N-ethyl adjacent to an activating group) is 1. The molecule has 0 saturated carbocycles. The van der Waals surface area contributed by atoms with Crippen LogP contribution in [0.4, 0.5) is 10.5 Å². The molecule has 3 heterocycles. The number of piperidine rings is 1. The maximum atomic E-state index is 13.1. The molecule has 2 saturated heterocycles. The lowest BCUT2D eigenvalue weighted by molar-refractivity contribution is 0.00501. The molecule has 0 aliphatic carbocycles. The van der Waals surface area contributed by atoms with E-state index in [1.54, 1.807) is 18.1 Å². The van der Waals surface area contributed by atoms with Crippen molar-refractivity contribution in [2.45, 2.75) is 37.8 Å². The topological polar surface area (TPSA) is 100 Å². The molecule has 10 heteroatoms. The van der Waals surface area contributed by atoms with Crippen molar-refractivity contribution < 1.29 is 19.1 Å². The zero-order valence-electron chi connectivity index (χ0n) is 19.4. The van der Waals surface area contributed by atoms with Crippen molar-refractivity contribution in [3.8, 4) is 5.75 Å². The minimum Gasteiger partial charge on any atom is -0.492 e. The van der Waals surface area contributed by atoms with E-state index in [2.05, 4.69) is 10.2 Å². The molecular formula is C23H34ClN5O4. The number of anilines is 1. The van der Waals surface area contributed by atoms with Crippen molar-refractivity contribution in [2.75, 3.05) is 65.8 Å². The van der Waals surface area contributed by atoms with E-state index in [0.29, 0.717) is 48.1 Å². The number of amides is 3. The van der Waals surface area contributed by atoms with Gasteiger partial charge in [0.2, 0.25) is 0 Å². The summed E-state index contributed by atoms with van der Waals surface area (Å²) < 4.78 is 11.4. The first-order valence-corrected chi connectivity index (χ1v) is 12.1. The van der Waals surface area contributed by atoms with Gasteiger partial charge in [-0.25, -0.2) is 4.79 Å². The number of fused-ring (bicyclic) bond motifs is 1. The number of methoxy groups -OCH3 is 1. The fourth-order valence-corrected chi connectivity index (χ4v) is 5.13. The Morgan fingerprint density at radius 1 is 1.33 bits per heavy atom. The molecule has 2 fully saturated rings. The van der Waals surface area contributed by atoms with Crippen molar-refractivity contribution in [2.24, 2.45) is 0 Å².